The quantitative estimate of drug-likeness (QED) is 0.825. The number of likely N-dealkylation sites (tertiary alicyclic amines) is 1. The zero-order chi connectivity index (χ0) is 19.4. The van der Waals surface area contributed by atoms with E-state index in [-0.39, 0.29) is 23.1 Å². The Morgan fingerprint density at radius 2 is 1.93 bits per heavy atom. The first-order valence-electron chi connectivity index (χ1n) is 9.46. The number of fused-ring (bicyclic) bond motifs is 1. The molecule has 148 valence electrons. The minimum absolute atomic E-state index is 0.0134. The fourth-order valence-electron chi connectivity index (χ4n) is 3.41. The summed E-state index contributed by atoms with van der Waals surface area (Å²) >= 11 is 1.53. The van der Waals surface area contributed by atoms with E-state index >= 15 is 0 Å². The lowest BCUT2D eigenvalue weighted by Crippen LogP contribution is -2.35. The summed E-state index contributed by atoms with van der Waals surface area (Å²) < 4.78 is 26.0. The molecule has 0 bridgehead atoms. The molecular weight excluding hydrogens is 384 g/mol. The second-order valence-corrected chi connectivity index (χ2v) is 10.7. The van der Waals surface area contributed by atoms with Crippen molar-refractivity contribution in [2.45, 2.75) is 60.5 Å². The molecule has 1 aromatic carbocycles. The monoisotopic (exact) mass is 410 g/mol. The van der Waals surface area contributed by atoms with Gasteiger partial charge in [-0.3, -0.25) is 9.59 Å². The SMILES string of the molecule is C[C@@H](CC(=O)N1CCCCCC1)S(=O)(=O)c1ccc2c(c1)NC(=O)CCS2. The molecule has 3 rings (SSSR count). The summed E-state index contributed by atoms with van der Waals surface area (Å²) in [6, 6.07) is 4.83. The van der Waals surface area contributed by atoms with Crippen molar-refractivity contribution < 1.29 is 18.0 Å². The van der Waals surface area contributed by atoms with Crippen LogP contribution in [-0.2, 0) is 19.4 Å². The Balaban J connectivity index is 1.75. The van der Waals surface area contributed by atoms with Crippen LogP contribution in [0.15, 0.2) is 28.0 Å². The molecule has 0 aliphatic carbocycles. The third kappa shape index (κ3) is 4.85. The topological polar surface area (TPSA) is 83.6 Å². The van der Waals surface area contributed by atoms with Crippen LogP contribution in [0.5, 0.6) is 0 Å². The number of hydrogen-bond donors (Lipinski definition) is 1. The first-order chi connectivity index (χ1) is 12.9. The summed E-state index contributed by atoms with van der Waals surface area (Å²) in [4.78, 5) is 27.1. The van der Waals surface area contributed by atoms with E-state index in [1.54, 1.807) is 24.0 Å². The van der Waals surface area contributed by atoms with Crippen molar-refractivity contribution in [3.8, 4) is 0 Å². The average Bonchev–Trinajstić information content (AvgIpc) is 3.00. The van der Waals surface area contributed by atoms with E-state index in [4.69, 9.17) is 0 Å². The average molecular weight is 411 g/mol. The van der Waals surface area contributed by atoms with Crippen LogP contribution in [0.4, 0.5) is 5.69 Å². The number of rotatable bonds is 4. The third-order valence-electron chi connectivity index (χ3n) is 5.09. The Kier molecular flexibility index (Phi) is 6.47. The fourth-order valence-corrected chi connectivity index (χ4v) is 5.72. The Morgan fingerprint density at radius 1 is 1.22 bits per heavy atom. The molecule has 27 heavy (non-hydrogen) atoms. The van der Waals surface area contributed by atoms with Gasteiger partial charge in [-0.15, -0.1) is 11.8 Å². The lowest BCUT2D eigenvalue weighted by molar-refractivity contribution is -0.131. The molecule has 0 unspecified atom stereocenters. The summed E-state index contributed by atoms with van der Waals surface area (Å²) in [6.07, 6.45) is 4.60. The van der Waals surface area contributed by atoms with Crippen LogP contribution in [0.3, 0.4) is 0 Å². The van der Waals surface area contributed by atoms with E-state index in [0.717, 1.165) is 30.6 Å². The first kappa shape index (κ1) is 20.2. The van der Waals surface area contributed by atoms with Crippen molar-refractivity contribution in [2.75, 3.05) is 24.2 Å². The number of amides is 2. The summed E-state index contributed by atoms with van der Waals surface area (Å²) in [5, 5.41) is 1.97. The fraction of sp³-hybridized carbons (Fsp3) is 0.579. The molecule has 2 aliphatic heterocycles. The molecule has 0 saturated carbocycles. The van der Waals surface area contributed by atoms with Crippen molar-refractivity contribution in [3.63, 3.8) is 0 Å². The van der Waals surface area contributed by atoms with Crippen LogP contribution in [0.2, 0.25) is 0 Å². The Bertz CT molecular complexity index is 815. The molecule has 2 amide bonds. The highest BCUT2D eigenvalue weighted by Crippen LogP contribution is 2.33. The van der Waals surface area contributed by atoms with Gasteiger partial charge in [-0.05, 0) is 38.0 Å². The van der Waals surface area contributed by atoms with Gasteiger partial charge in [0.15, 0.2) is 9.84 Å². The van der Waals surface area contributed by atoms with Crippen molar-refractivity contribution in [1.29, 1.82) is 0 Å². The third-order valence-corrected chi connectivity index (χ3v) is 8.30. The molecule has 6 nitrogen and oxygen atoms in total. The number of nitrogens with zero attached hydrogens (tertiary/aromatic N) is 1. The van der Waals surface area contributed by atoms with E-state index in [1.165, 1.54) is 17.8 Å². The summed E-state index contributed by atoms with van der Waals surface area (Å²) in [5.41, 5.74) is 0.537. The standard InChI is InChI=1S/C19H26N2O4S2/c1-14(12-19(23)21-9-4-2-3-5-10-21)27(24,25)15-6-7-17-16(13-15)20-18(22)8-11-26-17/h6-7,13-14H,2-5,8-12H2,1H3,(H,20,22)/t14-/m0/s1. The molecule has 1 saturated heterocycles. The molecule has 2 heterocycles. The highest BCUT2D eigenvalue weighted by Gasteiger charge is 2.29. The van der Waals surface area contributed by atoms with Crippen LogP contribution < -0.4 is 5.32 Å². The van der Waals surface area contributed by atoms with Crippen LogP contribution in [0, 0.1) is 0 Å². The van der Waals surface area contributed by atoms with E-state index in [9.17, 15) is 18.0 Å². The van der Waals surface area contributed by atoms with Gasteiger partial charge in [-0.1, -0.05) is 12.8 Å². The van der Waals surface area contributed by atoms with Crippen LogP contribution >= 0.6 is 11.8 Å². The zero-order valence-corrected chi connectivity index (χ0v) is 17.2. The molecule has 2 aliphatic rings. The van der Waals surface area contributed by atoms with Gasteiger partial charge in [0.2, 0.25) is 11.8 Å². The number of carbonyl (C=O) groups is 2. The van der Waals surface area contributed by atoms with Crippen LogP contribution in [-0.4, -0.2) is 49.2 Å². The van der Waals surface area contributed by atoms with Crippen LogP contribution in [0.25, 0.3) is 0 Å². The minimum Gasteiger partial charge on any atom is -0.343 e. The maximum absolute atomic E-state index is 13.0. The Morgan fingerprint density at radius 3 is 2.63 bits per heavy atom. The normalized spacial score (nSPS) is 19.4. The van der Waals surface area contributed by atoms with Gasteiger partial charge in [0, 0.05) is 36.6 Å². The van der Waals surface area contributed by atoms with Gasteiger partial charge < -0.3 is 10.2 Å². The highest BCUT2D eigenvalue weighted by atomic mass is 32.2. The number of nitrogens with one attached hydrogen (secondary N) is 1. The van der Waals surface area contributed by atoms with Crippen molar-refractivity contribution in [1.82, 2.24) is 4.90 Å². The predicted molar refractivity (Wildman–Crippen MR) is 107 cm³/mol. The maximum Gasteiger partial charge on any atom is 0.225 e. The number of hydrogen-bond acceptors (Lipinski definition) is 5. The predicted octanol–water partition coefficient (Wildman–Crippen LogP) is 3.08. The second-order valence-electron chi connectivity index (χ2n) is 7.16. The Labute approximate surface area is 165 Å². The van der Waals surface area contributed by atoms with Gasteiger partial charge in [0.05, 0.1) is 15.8 Å². The molecule has 1 atom stereocenters. The summed E-state index contributed by atoms with van der Waals surface area (Å²) in [5.74, 6) is 0.470. The molecule has 0 spiro atoms. The largest absolute Gasteiger partial charge is 0.343 e. The number of thioether (sulfide) groups is 1. The minimum atomic E-state index is -3.65. The number of benzene rings is 1. The maximum atomic E-state index is 13.0. The van der Waals surface area contributed by atoms with E-state index in [1.807, 2.05) is 0 Å². The van der Waals surface area contributed by atoms with Crippen molar-refractivity contribution in [2.24, 2.45) is 0 Å². The van der Waals surface area contributed by atoms with Gasteiger partial charge >= 0.3 is 0 Å². The second kappa shape index (κ2) is 8.65. The van der Waals surface area contributed by atoms with Crippen LogP contribution in [0.1, 0.15) is 45.4 Å². The molecular formula is C19H26N2O4S2. The molecule has 0 aromatic heterocycles. The van der Waals surface area contributed by atoms with E-state index in [0.29, 0.717) is 31.0 Å². The van der Waals surface area contributed by atoms with Gasteiger partial charge in [0.25, 0.3) is 0 Å². The number of anilines is 1. The van der Waals surface area contributed by atoms with Crippen molar-refractivity contribution >= 4 is 39.1 Å². The van der Waals surface area contributed by atoms with Gasteiger partial charge in [-0.2, -0.15) is 0 Å². The van der Waals surface area contributed by atoms with E-state index in [2.05, 4.69) is 5.32 Å². The molecule has 0 radical (unpaired) electrons. The smallest absolute Gasteiger partial charge is 0.225 e. The lowest BCUT2D eigenvalue weighted by atomic mass is 10.2. The molecule has 8 heteroatoms. The molecule has 1 aromatic rings. The van der Waals surface area contributed by atoms with Gasteiger partial charge in [0.1, 0.15) is 0 Å². The summed E-state index contributed by atoms with van der Waals surface area (Å²) in [7, 11) is -3.65. The highest BCUT2D eigenvalue weighted by molar-refractivity contribution is 7.99. The number of carbonyl (C=O) groups excluding carboxylic acids is 2. The first-order valence-corrected chi connectivity index (χ1v) is 12.0. The lowest BCUT2D eigenvalue weighted by Gasteiger charge is -2.22. The zero-order valence-electron chi connectivity index (χ0n) is 15.6. The van der Waals surface area contributed by atoms with Gasteiger partial charge in [-0.25, -0.2) is 8.42 Å². The number of sulfone groups is 1. The molecule has 1 fully saturated rings. The van der Waals surface area contributed by atoms with Crippen molar-refractivity contribution in [3.05, 3.63) is 18.2 Å². The summed E-state index contributed by atoms with van der Waals surface area (Å²) in [6.45, 7) is 3.02. The molecule has 1 N–H and O–H groups in total. The Hall–Kier alpha value is -1.54. The van der Waals surface area contributed by atoms with E-state index < -0.39 is 15.1 Å².